The molecule has 2 aromatic rings. The van der Waals surface area contributed by atoms with Gasteiger partial charge in [0.2, 0.25) is 0 Å². The molecule has 1 N–H and O–H groups in total. The second-order valence-electron chi connectivity index (χ2n) is 7.93. The Morgan fingerprint density at radius 3 is 2.57 bits per heavy atom. The van der Waals surface area contributed by atoms with E-state index in [-0.39, 0.29) is 11.5 Å². The van der Waals surface area contributed by atoms with E-state index in [0.717, 1.165) is 42.8 Å². The SMILES string of the molecule is CCN(CCOC)C(=O)c1ccc(C2=CC3(CCNCC3)Oc3ccccc32)cc1. The third kappa shape index (κ3) is 4.13. The highest BCUT2D eigenvalue weighted by molar-refractivity contribution is 5.95. The Labute approximate surface area is 178 Å². The van der Waals surface area contributed by atoms with Crippen molar-refractivity contribution >= 4 is 11.5 Å². The molecule has 2 aliphatic rings. The van der Waals surface area contributed by atoms with Gasteiger partial charge < -0.3 is 19.7 Å². The number of hydrogen-bond acceptors (Lipinski definition) is 4. The molecule has 1 fully saturated rings. The topological polar surface area (TPSA) is 50.8 Å². The van der Waals surface area contributed by atoms with E-state index in [2.05, 4.69) is 35.7 Å². The molecule has 1 saturated heterocycles. The summed E-state index contributed by atoms with van der Waals surface area (Å²) in [6.45, 7) is 5.69. The lowest BCUT2D eigenvalue weighted by atomic mass is 9.83. The molecule has 1 amide bonds. The predicted octanol–water partition coefficient (Wildman–Crippen LogP) is 3.74. The quantitative estimate of drug-likeness (QED) is 0.794. The number of likely N-dealkylation sites (N-methyl/N-ethyl adjacent to an activating group) is 1. The average molecular weight is 407 g/mol. The maximum Gasteiger partial charge on any atom is 0.253 e. The maximum absolute atomic E-state index is 12.8. The first-order valence-corrected chi connectivity index (χ1v) is 10.8. The minimum absolute atomic E-state index is 0.0392. The molecular weight excluding hydrogens is 376 g/mol. The van der Waals surface area contributed by atoms with Crippen LogP contribution in [0.1, 0.15) is 41.3 Å². The average Bonchev–Trinajstić information content (AvgIpc) is 2.79. The number of ether oxygens (including phenoxy) is 2. The minimum atomic E-state index is -0.261. The summed E-state index contributed by atoms with van der Waals surface area (Å²) in [7, 11) is 1.65. The van der Waals surface area contributed by atoms with Crippen LogP contribution in [0.5, 0.6) is 5.75 Å². The summed E-state index contributed by atoms with van der Waals surface area (Å²) in [4.78, 5) is 14.6. The number of fused-ring (bicyclic) bond motifs is 1. The van der Waals surface area contributed by atoms with Crippen LogP contribution >= 0.6 is 0 Å². The summed E-state index contributed by atoms with van der Waals surface area (Å²) in [5.74, 6) is 0.978. The first-order valence-electron chi connectivity index (χ1n) is 10.8. The Morgan fingerprint density at radius 1 is 1.13 bits per heavy atom. The van der Waals surface area contributed by atoms with E-state index in [4.69, 9.17) is 9.47 Å². The predicted molar refractivity (Wildman–Crippen MR) is 119 cm³/mol. The van der Waals surface area contributed by atoms with Gasteiger partial charge in [-0.1, -0.05) is 30.3 Å². The van der Waals surface area contributed by atoms with Crippen LogP contribution in [0, 0.1) is 0 Å². The van der Waals surface area contributed by atoms with E-state index < -0.39 is 0 Å². The molecule has 0 radical (unpaired) electrons. The number of para-hydroxylation sites is 1. The van der Waals surface area contributed by atoms with Crippen LogP contribution in [0.15, 0.2) is 54.6 Å². The van der Waals surface area contributed by atoms with Gasteiger partial charge in [-0.3, -0.25) is 4.79 Å². The maximum atomic E-state index is 12.8. The highest BCUT2D eigenvalue weighted by Crippen LogP contribution is 2.42. The Morgan fingerprint density at radius 2 is 1.87 bits per heavy atom. The smallest absolute Gasteiger partial charge is 0.253 e. The molecule has 30 heavy (non-hydrogen) atoms. The lowest BCUT2D eigenvalue weighted by Gasteiger charge is -2.40. The summed E-state index contributed by atoms with van der Waals surface area (Å²) in [5.41, 5.74) is 3.85. The molecule has 0 aliphatic carbocycles. The highest BCUT2D eigenvalue weighted by atomic mass is 16.5. The molecule has 0 aromatic heterocycles. The summed E-state index contributed by atoms with van der Waals surface area (Å²) >= 11 is 0. The molecule has 0 saturated carbocycles. The van der Waals surface area contributed by atoms with Gasteiger partial charge in [0.1, 0.15) is 11.4 Å². The molecule has 158 valence electrons. The van der Waals surface area contributed by atoms with Crippen LogP contribution in [0.25, 0.3) is 5.57 Å². The molecule has 2 aliphatic heterocycles. The van der Waals surface area contributed by atoms with Gasteiger partial charge in [-0.05, 0) is 55.4 Å². The molecule has 5 nitrogen and oxygen atoms in total. The molecular formula is C25H30N2O3. The second-order valence-corrected chi connectivity index (χ2v) is 7.93. The normalized spacial score (nSPS) is 17.1. The third-order valence-electron chi connectivity index (χ3n) is 6.02. The van der Waals surface area contributed by atoms with Crippen molar-refractivity contribution in [2.75, 3.05) is 39.9 Å². The largest absolute Gasteiger partial charge is 0.482 e. The van der Waals surface area contributed by atoms with Gasteiger partial charge in [-0.2, -0.15) is 0 Å². The number of nitrogens with zero attached hydrogens (tertiary/aromatic N) is 1. The first-order chi connectivity index (χ1) is 14.7. The van der Waals surface area contributed by atoms with Gasteiger partial charge in [0.05, 0.1) is 6.61 Å². The van der Waals surface area contributed by atoms with Gasteiger partial charge in [0.15, 0.2) is 0 Å². The van der Waals surface area contributed by atoms with Crippen molar-refractivity contribution in [3.05, 3.63) is 71.3 Å². The van der Waals surface area contributed by atoms with Crippen molar-refractivity contribution in [3.8, 4) is 5.75 Å². The molecule has 0 unspecified atom stereocenters. The van der Waals surface area contributed by atoms with Crippen LogP contribution in [-0.4, -0.2) is 56.3 Å². The van der Waals surface area contributed by atoms with Crippen molar-refractivity contribution < 1.29 is 14.3 Å². The van der Waals surface area contributed by atoms with Gasteiger partial charge in [0, 0.05) is 44.2 Å². The lowest BCUT2D eigenvalue weighted by Crippen LogP contribution is -2.46. The van der Waals surface area contributed by atoms with E-state index >= 15 is 0 Å². The zero-order valence-electron chi connectivity index (χ0n) is 17.8. The van der Waals surface area contributed by atoms with E-state index in [1.807, 2.05) is 36.1 Å². The van der Waals surface area contributed by atoms with Crippen LogP contribution in [0.4, 0.5) is 0 Å². The monoisotopic (exact) mass is 406 g/mol. The van der Waals surface area contributed by atoms with Crippen molar-refractivity contribution in [2.45, 2.75) is 25.4 Å². The van der Waals surface area contributed by atoms with E-state index in [0.29, 0.717) is 25.3 Å². The number of carbonyl (C=O) groups excluding carboxylic acids is 1. The number of nitrogens with one attached hydrogen (secondary N) is 1. The number of amides is 1. The number of benzene rings is 2. The third-order valence-corrected chi connectivity index (χ3v) is 6.02. The number of hydrogen-bond donors (Lipinski definition) is 1. The van der Waals surface area contributed by atoms with Crippen LogP contribution in [-0.2, 0) is 4.74 Å². The number of methoxy groups -OCH3 is 1. The summed E-state index contributed by atoms with van der Waals surface area (Å²) in [6.07, 6.45) is 4.20. The Balaban J connectivity index is 1.64. The Bertz CT molecular complexity index is 914. The first kappa shape index (κ1) is 20.6. The summed E-state index contributed by atoms with van der Waals surface area (Å²) in [6, 6.07) is 16.2. The fourth-order valence-corrected chi connectivity index (χ4v) is 4.28. The summed E-state index contributed by atoms with van der Waals surface area (Å²) in [5, 5.41) is 3.43. The zero-order chi connectivity index (χ0) is 21.0. The fourth-order valence-electron chi connectivity index (χ4n) is 4.28. The standard InChI is InChI=1S/C25H30N2O3/c1-3-27(16-17-29-2)24(28)20-10-8-19(9-11-20)22-18-25(12-14-26-15-13-25)30-23-7-5-4-6-21(22)23/h4-11,18,26H,3,12-17H2,1-2H3. The Hall–Kier alpha value is -2.63. The van der Waals surface area contributed by atoms with Crippen LogP contribution in [0.2, 0.25) is 0 Å². The molecule has 0 bridgehead atoms. The molecule has 4 rings (SSSR count). The Kier molecular flexibility index (Phi) is 6.21. The van der Waals surface area contributed by atoms with Crippen LogP contribution < -0.4 is 10.1 Å². The van der Waals surface area contributed by atoms with Gasteiger partial charge >= 0.3 is 0 Å². The number of carbonyl (C=O) groups is 1. The molecule has 5 heteroatoms. The van der Waals surface area contributed by atoms with Gasteiger partial charge in [-0.15, -0.1) is 0 Å². The highest BCUT2D eigenvalue weighted by Gasteiger charge is 2.36. The molecule has 2 heterocycles. The van der Waals surface area contributed by atoms with Crippen molar-refractivity contribution in [1.29, 1.82) is 0 Å². The van der Waals surface area contributed by atoms with Gasteiger partial charge in [0.25, 0.3) is 5.91 Å². The molecule has 0 atom stereocenters. The second kappa shape index (κ2) is 9.02. The zero-order valence-corrected chi connectivity index (χ0v) is 17.8. The van der Waals surface area contributed by atoms with Crippen LogP contribution in [0.3, 0.4) is 0 Å². The minimum Gasteiger partial charge on any atom is -0.482 e. The van der Waals surface area contributed by atoms with E-state index in [1.165, 1.54) is 5.57 Å². The summed E-state index contributed by atoms with van der Waals surface area (Å²) < 4.78 is 11.6. The van der Waals surface area contributed by atoms with Crippen molar-refractivity contribution in [1.82, 2.24) is 10.2 Å². The fraction of sp³-hybridized carbons (Fsp3) is 0.400. The molecule has 1 spiro atoms. The number of rotatable bonds is 6. The van der Waals surface area contributed by atoms with E-state index in [9.17, 15) is 4.79 Å². The van der Waals surface area contributed by atoms with Crippen molar-refractivity contribution in [2.24, 2.45) is 0 Å². The van der Waals surface area contributed by atoms with E-state index in [1.54, 1.807) is 7.11 Å². The number of piperidine rings is 1. The van der Waals surface area contributed by atoms with Gasteiger partial charge in [-0.25, -0.2) is 0 Å². The van der Waals surface area contributed by atoms with Crippen molar-refractivity contribution in [3.63, 3.8) is 0 Å². The lowest BCUT2D eigenvalue weighted by molar-refractivity contribution is 0.0706. The molecule has 2 aromatic carbocycles.